The Balaban J connectivity index is 2.01. The summed E-state index contributed by atoms with van der Waals surface area (Å²) in [4.78, 5) is 16.0. The molecule has 0 fully saturated rings. The van der Waals surface area contributed by atoms with Crippen LogP contribution in [0.25, 0.3) is 5.65 Å². The van der Waals surface area contributed by atoms with Gasteiger partial charge in [-0.15, -0.1) is 10.2 Å². The molecular weight excluding hydrogens is 330 g/mol. The van der Waals surface area contributed by atoms with Crippen molar-refractivity contribution < 1.29 is 18.3 Å². The topological polar surface area (TPSA) is 68.3 Å². The van der Waals surface area contributed by atoms with E-state index in [1.807, 2.05) is 0 Å². The highest BCUT2D eigenvalue weighted by Crippen LogP contribution is 2.25. The molecule has 2 aromatic heterocycles. The first kappa shape index (κ1) is 16.7. The lowest BCUT2D eigenvalue weighted by molar-refractivity contribution is -0.142. The predicted molar refractivity (Wildman–Crippen MR) is 86.1 cm³/mol. The van der Waals surface area contributed by atoms with E-state index < -0.39 is 11.8 Å². The molecule has 6 nitrogen and oxygen atoms in total. The largest absolute Gasteiger partial charge is 0.466 e. The summed E-state index contributed by atoms with van der Waals surface area (Å²) in [6.07, 6.45) is 1.09. The number of carbonyl (C=O) groups excluding carboxylic acids is 1. The minimum Gasteiger partial charge on any atom is -0.466 e. The van der Waals surface area contributed by atoms with Crippen molar-refractivity contribution in [3.8, 4) is 0 Å². The van der Waals surface area contributed by atoms with E-state index in [4.69, 9.17) is 4.74 Å². The maximum Gasteiger partial charge on any atom is 0.312 e. The number of ether oxygens (including phenoxy) is 1. The Labute approximate surface area is 141 Å². The van der Waals surface area contributed by atoms with Gasteiger partial charge in [-0.2, -0.15) is 0 Å². The quantitative estimate of drug-likeness (QED) is 0.516. The van der Waals surface area contributed by atoms with Crippen molar-refractivity contribution in [1.29, 1.82) is 0 Å². The third kappa shape index (κ3) is 3.85. The van der Waals surface area contributed by atoms with Crippen molar-refractivity contribution >= 4 is 23.1 Å². The fourth-order valence-electron chi connectivity index (χ4n) is 2.24. The number of esters is 1. The average Bonchev–Trinajstić information content (AvgIpc) is 2.91. The molecule has 25 heavy (non-hydrogen) atoms. The van der Waals surface area contributed by atoms with Gasteiger partial charge in [-0.3, -0.25) is 9.20 Å². The van der Waals surface area contributed by atoms with Crippen molar-refractivity contribution in [1.82, 2.24) is 9.38 Å². The van der Waals surface area contributed by atoms with Crippen molar-refractivity contribution in [2.75, 3.05) is 6.61 Å². The minimum absolute atomic E-state index is 0.116. The van der Waals surface area contributed by atoms with Crippen molar-refractivity contribution in [3.05, 3.63) is 59.9 Å². The normalized spacial score (nSPS) is 11.3. The number of azo groups is 1. The van der Waals surface area contributed by atoms with Crippen LogP contribution >= 0.6 is 0 Å². The average molecular weight is 344 g/mol. The number of nitrogens with zero attached hydrogens (tertiary/aromatic N) is 4. The van der Waals surface area contributed by atoms with Gasteiger partial charge in [0.1, 0.15) is 17.3 Å². The number of hydrogen-bond donors (Lipinski definition) is 0. The zero-order valence-corrected chi connectivity index (χ0v) is 13.3. The molecule has 2 heterocycles. The summed E-state index contributed by atoms with van der Waals surface area (Å²) in [6.45, 7) is 1.94. The lowest BCUT2D eigenvalue weighted by Crippen LogP contribution is -2.07. The van der Waals surface area contributed by atoms with E-state index in [0.29, 0.717) is 17.0 Å². The van der Waals surface area contributed by atoms with Gasteiger partial charge in [-0.1, -0.05) is 0 Å². The molecule has 0 saturated heterocycles. The minimum atomic E-state index is -0.481. The second kappa shape index (κ2) is 7.16. The molecule has 0 aliphatic heterocycles. The van der Waals surface area contributed by atoms with Gasteiger partial charge in [0.2, 0.25) is 0 Å². The van der Waals surface area contributed by atoms with Gasteiger partial charge in [0.15, 0.2) is 5.82 Å². The molecule has 0 aliphatic carbocycles. The van der Waals surface area contributed by atoms with Crippen LogP contribution in [0.2, 0.25) is 0 Å². The molecule has 0 atom stereocenters. The summed E-state index contributed by atoms with van der Waals surface area (Å²) in [5.41, 5.74) is 1.15. The second-order valence-electron chi connectivity index (χ2n) is 5.12. The van der Waals surface area contributed by atoms with E-state index in [0.717, 1.165) is 0 Å². The van der Waals surface area contributed by atoms with Crippen molar-refractivity contribution in [2.45, 2.75) is 13.3 Å². The molecule has 3 aromatic rings. The van der Waals surface area contributed by atoms with Crippen LogP contribution in [0.1, 0.15) is 12.6 Å². The fraction of sp³-hybridized carbons (Fsp3) is 0.176. The lowest BCUT2D eigenvalue weighted by atomic mass is 10.3. The van der Waals surface area contributed by atoms with E-state index in [1.54, 1.807) is 6.92 Å². The molecular formula is C17H14F2N4O2. The standard InChI is InChI=1S/C17H14F2N4O2/c1-2-25-16(24)9-14-17(22-21-13-6-3-11(18)4-7-13)23-10-12(19)5-8-15(23)20-14/h3-8,10H,2,9H2,1H3. The Morgan fingerprint density at radius 1 is 1.12 bits per heavy atom. The van der Waals surface area contributed by atoms with Crippen LogP contribution in [0.5, 0.6) is 0 Å². The molecule has 3 rings (SSSR count). The van der Waals surface area contributed by atoms with Crippen LogP contribution in [0.4, 0.5) is 20.3 Å². The van der Waals surface area contributed by atoms with Gasteiger partial charge in [0.05, 0.1) is 24.4 Å². The highest BCUT2D eigenvalue weighted by atomic mass is 19.1. The van der Waals surface area contributed by atoms with Crippen molar-refractivity contribution in [2.24, 2.45) is 10.2 Å². The molecule has 0 amide bonds. The molecule has 0 radical (unpaired) electrons. The summed E-state index contributed by atoms with van der Waals surface area (Å²) in [7, 11) is 0. The molecule has 0 saturated carbocycles. The molecule has 0 N–H and O–H groups in total. The first-order valence-corrected chi connectivity index (χ1v) is 7.56. The maximum atomic E-state index is 13.6. The third-order valence-electron chi connectivity index (χ3n) is 3.33. The number of hydrogen-bond acceptors (Lipinski definition) is 5. The van der Waals surface area contributed by atoms with E-state index in [9.17, 15) is 13.6 Å². The second-order valence-corrected chi connectivity index (χ2v) is 5.12. The zero-order chi connectivity index (χ0) is 17.8. The third-order valence-corrected chi connectivity index (χ3v) is 3.33. The molecule has 128 valence electrons. The summed E-state index contributed by atoms with van der Waals surface area (Å²) < 4.78 is 32.8. The zero-order valence-electron chi connectivity index (χ0n) is 13.3. The molecule has 1 aromatic carbocycles. The molecule has 0 bridgehead atoms. The van der Waals surface area contributed by atoms with Gasteiger partial charge in [-0.25, -0.2) is 13.8 Å². The fourth-order valence-corrected chi connectivity index (χ4v) is 2.24. The van der Waals surface area contributed by atoms with Crippen LogP contribution in [0.15, 0.2) is 52.8 Å². The highest BCUT2D eigenvalue weighted by Gasteiger charge is 2.16. The number of halogens is 2. The predicted octanol–water partition coefficient (Wildman–Crippen LogP) is 4.13. The Morgan fingerprint density at radius 3 is 2.56 bits per heavy atom. The molecule has 0 aliphatic rings. The molecule has 0 spiro atoms. The van der Waals surface area contributed by atoms with Gasteiger partial charge < -0.3 is 4.74 Å². The summed E-state index contributed by atoms with van der Waals surface area (Å²) >= 11 is 0. The maximum absolute atomic E-state index is 13.6. The summed E-state index contributed by atoms with van der Waals surface area (Å²) in [5.74, 6) is -1.12. The van der Waals surface area contributed by atoms with Crippen LogP contribution in [-0.4, -0.2) is 22.0 Å². The molecule has 8 heteroatoms. The SMILES string of the molecule is CCOC(=O)Cc1nc2ccc(F)cn2c1N=Nc1ccc(F)cc1. The Bertz CT molecular complexity index is 936. The van der Waals surface area contributed by atoms with E-state index in [2.05, 4.69) is 15.2 Å². The van der Waals surface area contributed by atoms with Crippen LogP contribution in [0, 0.1) is 11.6 Å². The summed E-state index contributed by atoms with van der Waals surface area (Å²) in [5, 5.41) is 8.08. The number of imidazole rings is 1. The van der Waals surface area contributed by atoms with Gasteiger partial charge in [-0.05, 0) is 43.3 Å². The van der Waals surface area contributed by atoms with E-state index >= 15 is 0 Å². The highest BCUT2D eigenvalue weighted by molar-refractivity contribution is 5.74. The molecule has 0 unspecified atom stereocenters. The monoisotopic (exact) mass is 344 g/mol. The first-order chi connectivity index (χ1) is 12.1. The number of aromatic nitrogens is 2. The first-order valence-electron chi connectivity index (χ1n) is 7.56. The van der Waals surface area contributed by atoms with Crippen LogP contribution < -0.4 is 0 Å². The Morgan fingerprint density at radius 2 is 1.84 bits per heavy atom. The van der Waals surface area contributed by atoms with Gasteiger partial charge in [0, 0.05) is 6.20 Å². The Kier molecular flexibility index (Phi) is 4.78. The van der Waals surface area contributed by atoms with Crippen molar-refractivity contribution in [3.63, 3.8) is 0 Å². The number of benzene rings is 1. The van der Waals surface area contributed by atoms with E-state index in [1.165, 1.54) is 47.0 Å². The Hall–Kier alpha value is -3.16. The number of pyridine rings is 1. The number of carbonyl (C=O) groups is 1. The summed E-state index contributed by atoms with van der Waals surface area (Å²) in [6, 6.07) is 8.14. The van der Waals surface area contributed by atoms with Crippen LogP contribution in [0.3, 0.4) is 0 Å². The van der Waals surface area contributed by atoms with E-state index in [-0.39, 0.29) is 24.7 Å². The smallest absolute Gasteiger partial charge is 0.312 e. The lowest BCUT2D eigenvalue weighted by Gasteiger charge is -2.00. The van der Waals surface area contributed by atoms with Crippen LogP contribution in [-0.2, 0) is 16.0 Å². The van der Waals surface area contributed by atoms with Gasteiger partial charge in [0.25, 0.3) is 0 Å². The van der Waals surface area contributed by atoms with Gasteiger partial charge >= 0.3 is 5.97 Å². The number of rotatable bonds is 5. The number of fused-ring (bicyclic) bond motifs is 1.